The third-order valence-corrected chi connectivity index (χ3v) is 3.08. The second kappa shape index (κ2) is 7.36. The van der Waals surface area contributed by atoms with Crippen LogP contribution in [-0.4, -0.2) is 30.5 Å². The Balaban J connectivity index is 2.11. The Kier molecular flexibility index (Phi) is 5.25. The minimum Gasteiger partial charge on any atom is -0.497 e. The number of benzene rings is 1. The van der Waals surface area contributed by atoms with Crippen molar-refractivity contribution >= 4 is 11.8 Å². The molecule has 5 nitrogen and oxygen atoms in total. The fourth-order valence-corrected chi connectivity index (χ4v) is 1.94. The third kappa shape index (κ3) is 3.91. The van der Waals surface area contributed by atoms with Gasteiger partial charge in [0, 0.05) is 12.6 Å². The first-order valence-corrected chi connectivity index (χ1v) is 6.93. The van der Waals surface area contributed by atoms with E-state index in [2.05, 4.69) is 4.98 Å². The van der Waals surface area contributed by atoms with Gasteiger partial charge in [0.2, 0.25) is 0 Å². The zero-order valence-electron chi connectivity index (χ0n) is 12.5. The number of ether oxygens (including phenoxy) is 2. The molecule has 2 aromatic rings. The van der Waals surface area contributed by atoms with E-state index in [9.17, 15) is 9.59 Å². The van der Waals surface area contributed by atoms with Gasteiger partial charge in [0.25, 0.3) is 0 Å². The first-order valence-electron chi connectivity index (χ1n) is 6.93. The topological polar surface area (TPSA) is 65.5 Å². The number of ketones is 1. The summed E-state index contributed by atoms with van der Waals surface area (Å²) >= 11 is 0. The molecule has 0 bridgehead atoms. The molecule has 0 atom stereocenters. The first kappa shape index (κ1) is 15.7. The quantitative estimate of drug-likeness (QED) is 0.606. The second-order valence-electron chi connectivity index (χ2n) is 4.60. The van der Waals surface area contributed by atoms with E-state index < -0.39 is 5.97 Å². The summed E-state index contributed by atoms with van der Waals surface area (Å²) < 4.78 is 9.99. The lowest BCUT2D eigenvalue weighted by atomic mass is 10.1. The molecule has 0 fully saturated rings. The zero-order chi connectivity index (χ0) is 15.9. The van der Waals surface area contributed by atoms with Crippen LogP contribution in [0.15, 0.2) is 42.6 Å². The highest BCUT2D eigenvalue weighted by Crippen LogP contribution is 2.13. The number of esters is 1. The van der Waals surface area contributed by atoms with Gasteiger partial charge in [0.1, 0.15) is 11.4 Å². The summed E-state index contributed by atoms with van der Waals surface area (Å²) in [6.07, 6.45) is 1.65. The van der Waals surface area contributed by atoms with Gasteiger partial charge in [-0.25, -0.2) is 4.79 Å². The third-order valence-electron chi connectivity index (χ3n) is 3.08. The van der Waals surface area contributed by atoms with Crippen LogP contribution in [0.2, 0.25) is 0 Å². The molecule has 1 aromatic heterocycles. The van der Waals surface area contributed by atoms with Gasteiger partial charge >= 0.3 is 5.97 Å². The van der Waals surface area contributed by atoms with Gasteiger partial charge in [-0.3, -0.25) is 9.78 Å². The Bertz CT molecular complexity index is 665. The molecule has 2 rings (SSSR count). The Morgan fingerprint density at radius 2 is 1.86 bits per heavy atom. The molecule has 1 heterocycles. The van der Waals surface area contributed by atoms with Crippen LogP contribution in [0.3, 0.4) is 0 Å². The number of aromatic nitrogens is 1. The van der Waals surface area contributed by atoms with Crippen molar-refractivity contribution in [3.8, 4) is 5.75 Å². The maximum absolute atomic E-state index is 12.3. The molecule has 0 saturated heterocycles. The minimum absolute atomic E-state index is 0.156. The summed E-state index contributed by atoms with van der Waals surface area (Å²) in [5, 5.41) is 0. The van der Waals surface area contributed by atoms with E-state index in [1.807, 2.05) is 12.1 Å². The number of methoxy groups -OCH3 is 1. The number of carbonyl (C=O) groups is 2. The van der Waals surface area contributed by atoms with Gasteiger partial charge in [-0.15, -0.1) is 0 Å². The fourth-order valence-electron chi connectivity index (χ4n) is 1.94. The van der Waals surface area contributed by atoms with Gasteiger partial charge in [-0.1, -0.05) is 12.1 Å². The standard InChI is InChI=1S/C17H17NO4/c1-3-22-17(20)13-8-9-18-15(11-13)16(19)10-12-4-6-14(21-2)7-5-12/h4-9,11H,3,10H2,1-2H3. The highest BCUT2D eigenvalue weighted by atomic mass is 16.5. The SMILES string of the molecule is CCOC(=O)c1ccnc(C(=O)Cc2ccc(OC)cc2)c1. The second-order valence-corrected chi connectivity index (χ2v) is 4.60. The van der Waals surface area contributed by atoms with E-state index in [4.69, 9.17) is 9.47 Å². The Morgan fingerprint density at radius 3 is 2.50 bits per heavy atom. The molecule has 0 aliphatic heterocycles. The summed E-state index contributed by atoms with van der Waals surface area (Å²) in [6.45, 7) is 2.02. The molecular weight excluding hydrogens is 282 g/mol. The van der Waals surface area contributed by atoms with Crippen LogP contribution in [0.5, 0.6) is 5.75 Å². The van der Waals surface area contributed by atoms with Gasteiger partial charge in [0.05, 0.1) is 19.3 Å². The molecule has 0 aliphatic carbocycles. The van der Waals surface area contributed by atoms with Crippen molar-refractivity contribution < 1.29 is 19.1 Å². The number of pyridine rings is 1. The zero-order valence-corrected chi connectivity index (χ0v) is 12.5. The smallest absolute Gasteiger partial charge is 0.338 e. The molecule has 0 unspecified atom stereocenters. The monoisotopic (exact) mass is 299 g/mol. The van der Waals surface area contributed by atoms with E-state index in [-0.39, 0.29) is 24.5 Å². The van der Waals surface area contributed by atoms with E-state index in [0.29, 0.717) is 5.56 Å². The van der Waals surface area contributed by atoms with Crippen molar-refractivity contribution in [3.05, 3.63) is 59.4 Å². The average molecular weight is 299 g/mol. The predicted octanol–water partition coefficient (Wildman–Crippen LogP) is 2.69. The van der Waals surface area contributed by atoms with Crippen molar-refractivity contribution in [2.45, 2.75) is 13.3 Å². The van der Waals surface area contributed by atoms with Crippen molar-refractivity contribution in [3.63, 3.8) is 0 Å². The lowest BCUT2D eigenvalue weighted by Crippen LogP contribution is -2.10. The van der Waals surface area contributed by atoms with Crippen LogP contribution in [-0.2, 0) is 11.2 Å². The number of nitrogens with zero attached hydrogens (tertiary/aromatic N) is 1. The summed E-state index contributed by atoms with van der Waals surface area (Å²) in [5.41, 5.74) is 1.44. The molecule has 5 heteroatoms. The van der Waals surface area contributed by atoms with E-state index in [1.165, 1.54) is 18.3 Å². The molecule has 114 valence electrons. The van der Waals surface area contributed by atoms with E-state index in [1.54, 1.807) is 26.2 Å². The van der Waals surface area contributed by atoms with Crippen LogP contribution < -0.4 is 4.74 Å². The molecule has 0 N–H and O–H groups in total. The van der Waals surface area contributed by atoms with Gasteiger partial charge in [-0.05, 0) is 36.8 Å². The largest absolute Gasteiger partial charge is 0.497 e. The van der Waals surface area contributed by atoms with Crippen molar-refractivity contribution in [1.82, 2.24) is 4.98 Å². The molecule has 22 heavy (non-hydrogen) atoms. The number of rotatable bonds is 6. The molecule has 0 spiro atoms. The van der Waals surface area contributed by atoms with Crippen LogP contribution in [0.25, 0.3) is 0 Å². The number of hydrogen-bond acceptors (Lipinski definition) is 5. The van der Waals surface area contributed by atoms with Crippen molar-refractivity contribution in [2.24, 2.45) is 0 Å². The molecule has 0 aliphatic rings. The molecule has 0 radical (unpaired) electrons. The fraction of sp³-hybridized carbons (Fsp3) is 0.235. The number of carbonyl (C=O) groups excluding carboxylic acids is 2. The van der Waals surface area contributed by atoms with E-state index in [0.717, 1.165) is 11.3 Å². The average Bonchev–Trinajstić information content (AvgIpc) is 2.56. The van der Waals surface area contributed by atoms with Crippen LogP contribution in [0, 0.1) is 0 Å². The summed E-state index contributed by atoms with van der Waals surface area (Å²) in [6, 6.07) is 10.2. The maximum Gasteiger partial charge on any atom is 0.338 e. The van der Waals surface area contributed by atoms with Crippen molar-refractivity contribution in [2.75, 3.05) is 13.7 Å². The van der Waals surface area contributed by atoms with Crippen molar-refractivity contribution in [1.29, 1.82) is 0 Å². The lowest BCUT2D eigenvalue weighted by molar-refractivity contribution is 0.0526. The van der Waals surface area contributed by atoms with Gasteiger partial charge in [-0.2, -0.15) is 0 Å². The van der Waals surface area contributed by atoms with E-state index >= 15 is 0 Å². The summed E-state index contributed by atoms with van der Waals surface area (Å²) in [7, 11) is 1.59. The summed E-state index contributed by atoms with van der Waals surface area (Å²) in [4.78, 5) is 28.0. The molecular formula is C17H17NO4. The highest BCUT2D eigenvalue weighted by Gasteiger charge is 2.13. The number of Topliss-reactive ketones (excluding diaryl/α,β-unsaturated/α-hetero) is 1. The van der Waals surface area contributed by atoms with Crippen LogP contribution in [0.1, 0.15) is 33.3 Å². The van der Waals surface area contributed by atoms with Crippen LogP contribution >= 0.6 is 0 Å². The predicted molar refractivity (Wildman–Crippen MR) is 81.2 cm³/mol. The highest BCUT2D eigenvalue weighted by molar-refractivity contribution is 5.98. The molecule has 0 saturated carbocycles. The Hall–Kier alpha value is -2.69. The first-order chi connectivity index (χ1) is 10.6. The summed E-state index contributed by atoms with van der Waals surface area (Å²) in [5.74, 6) is 0.123. The molecule has 1 aromatic carbocycles. The minimum atomic E-state index is -0.455. The van der Waals surface area contributed by atoms with Gasteiger partial charge in [0.15, 0.2) is 5.78 Å². The maximum atomic E-state index is 12.3. The van der Waals surface area contributed by atoms with Crippen LogP contribution in [0.4, 0.5) is 0 Å². The normalized spacial score (nSPS) is 10.1. The lowest BCUT2D eigenvalue weighted by Gasteiger charge is -2.05. The Labute approximate surface area is 128 Å². The Morgan fingerprint density at radius 1 is 1.14 bits per heavy atom. The van der Waals surface area contributed by atoms with Gasteiger partial charge < -0.3 is 9.47 Å². The molecule has 0 amide bonds. The number of hydrogen-bond donors (Lipinski definition) is 0.